The first-order chi connectivity index (χ1) is 11.9. The van der Waals surface area contributed by atoms with E-state index in [0.29, 0.717) is 5.56 Å². The number of aryl methyl sites for hydroxylation is 1. The van der Waals surface area contributed by atoms with Crippen LogP contribution in [0.5, 0.6) is 0 Å². The minimum atomic E-state index is -4.87. The molecule has 13 heteroatoms. The average Bonchev–Trinajstić information content (AvgIpc) is 2.83. The number of aromatic nitrogens is 1. The van der Waals surface area contributed by atoms with Gasteiger partial charge in [0.25, 0.3) is 0 Å². The smallest absolute Gasteiger partial charge is 0.576 e. The van der Waals surface area contributed by atoms with E-state index in [0.717, 1.165) is 17.2 Å². The Morgan fingerprint density at radius 3 is 1.89 bits per heavy atom. The van der Waals surface area contributed by atoms with Gasteiger partial charge in [-0.3, -0.25) is 0 Å². The average molecular weight is 432 g/mol. The molecule has 0 saturated carbocycles. The number of hydrogen-bond acceptors (Lipinski definition) is 5. The van der Waals surface area contributed by atoms with E-state index in [4.69, 9.17) is 9.59 Å². The number of ether oxygens (including phenoxy) is 2. The zero-order valence-corrected chi connectivity index (χ0v) is 14.7. The summed E-state index contributed by atoms with van der Waals surface area (Å²) in [7, 11) is 1.92. The van der Waals surface area contributed by atoms with Crippen molar-refractivity contribution < 1.29 is 71.9 Å². The number of carbonyl (C=O) groups is 1. The van der Waals surface area contributed by atoms with Crippen molar-refractivity contribution >= 4 is 30.1 Å². The second-order valence-corrected chi connectivity index (χ2v) is 4.01. The van der Waals surface area contributed by atoms with Crippen molar-refractivity contribution in [3.8, 4) is 0 Å². The fourth-order valence-electron chi connectivity index (χ4n) is 1.48. The van der Waals surface area contributed by atoms with Crippen LogP contribution in [0, 0.1) is 6.07 Å². The first-order valence-corrected chi connectivity index (χ1v) is 6.09. The number of carbonyl (C=O) groups excluding carboxylic acids is 3. The second kappa shape index (κ2) is 12.1. The number of alkyl halides is 6. The monoisotopic (exact) mass is 432 g/mol. The molecule has 145 valence electrons. The molecule has 0 N–H and O–H groups in total. The van der Waals surface area contributed by atoms with Gasteiger partial charge in [0.2, 0.25) is 0 Å². The van der Waals surface area contributed by atoms with Gasteiger partial charge in [-0.05, 0) is 17.3 Å². The summed E-state index contributed by atoms with van der Waals surface area (Å²) in [6.07, 6.45) is -7.07. The molecule has 0 saturated heterocycles. The predicted octanol–water partition coefficient (Wildman–Crippen LogP) is 2.97. The third-order valence-electron chi connectivity index (χ3n) is 2.28. The molecule has 0 atom stereocenters. The molecule has 2 aromatic rings. The van der Waals surface area contributed by atoms with Crippen molar-refractivity contribution in [2.45, 2.75) is 12.7 Å². The Labute approximate surface area is 162 Å². The number of rotatable bonds is 3. The Kier molecular flexibility index (Phi) is 12.1. The van der Waals surface area contributed by atoms with E-state index in [1.165, 1.54) is 0 Å². The molecule has 0 amide bonds. The van der Waals surface area contributed by atoms with Gasteiger partial charge in [-0.1, -0.05) is 12.9 Å². The van der Waals surface area contributed by atoms with Gasteiger partial charge in [0.05, 0.1) is 0 Å². The molecule has 0 unspecified atom stereocenters. The van der Waals surface area contributed by atoms with Crippen LogP contribution in [0.2, 0.25) is 0 Å². The normalized spacial score (nSPS) is 10.2. The van der Waals surface area contributed by atoms with Crippen LogP contribution in [-0.2, 0) is 47.8 Å². The Bertz CT molecular complexity index is 709. The van der Waals surface area contributed by atoms with Crippen LogP contribution in [-0.4, -0.2) is 36.5 Å². The molecule has 1 aromatic heterocycles. The van der Waals surface area contributed by atoms with Gasteiger partial charge in [0.15, 0.2) is 0 Å². The second-order valence-electron chi connectivity index (χ2n) is 4.01. The van der Waals surface area contributed by atoms with Gasteiger partial charge in [-0.25, -0.2) is 0 Å². The topological polar surface area (TPSA) is 74.6 Å². The van der Waals surface area contributed by atoms with Crippen molar-refractivity contribution in [1.29, 1.82) is 0 Å². The first kappa shape index (κ1) is 26.9. The van der Waals surface area contributed by atoms with Gasteiger partial charge >= 0.3 is 34.4 Å². The summed E-state index contributed by atoms with van der Waals surface area (Å²) >= 11 is 0. The fraction of sp³-hybridized carbons (Fsp3) is 0.214. The van der Waals surface area contributed by atoms with E-state index in [9.17, 15) is 31.1 Å². The van der Waals surface area contributed by atoms with Crippen LogP contribution in [0.3, 0.4) is 0 Å². The Balaban J connectivity index is 0. The first-order valence-electron chi connectivity index (χ1n) is 6.09. The predicted molar refractivity (Wildman–Crippen MR) is 72.8 cm³/mol. The molecule has 1 radical (unpaired) electrons. The maximum atomic E-state index is 10.6. The van der Waals surface area contributed by atoms with Crippen LogP contribution in [0.1, 0.15) is 10.4 Å². The van der Waals surface area contributed by atoms with Crippen LogP contribution < -0.4 is 0 Å². The Morgan fingerprint density at radius 1 is 1.07 bits per heavy atom. The van der Waals surface area contributed by atoms with Gasteiger partial charge in [-0.2, -0.15) is 0 Å². The zero-order chi connectivity index (χ0) is 20.4. The van der Waals surface area contributed by atoms with Crippen molar-refractivity contribution in [2.24, 2.45) is 7.05 Å². The molecule has 0 bridgehead atoms. The molecule has 1 heterocycles. The summed E-state index contributed by atoms with van der Waals surface area (Å²) in [6.45, 7) is 0.465. The van der Waals surface area contributed by atoms with E-state index >= 15 is 0 Å². The fourth-order valence-corrected chi connectivity index (χ4v) is 1.48. The number of halogens is 6. The van der Waals surface area contributed by atoms with Crippen LogP contribution in [0.4, 0.5) is 26.3 Å². The van der Waals surface area contributed by atoms with Gasteiger partial charge in [0.1, 0.15) is 6.29 Å². The molecule has 1 aromatic carbocycles. The van der Waals surface area contributed by atoms with E-state index in [1.54, 1.807) is 0 Å². The maximum Gasteiger partial charge on any atom is 3.00 e. The number of nitrogens with zero attached hydrogens (tertiary/aromatic N) is 1. The molecule has 27 heavy (non-hydrogen) atoms. The molecule has 6 nitrogen and oxygen atoms in total. The Morgan fingerprint density at radius 2 is 1.56 bits per heavy atom. The van der Waals surface area contributed by atoms with E-state index in [-0.39, 0.29) is 34.7 Å². The summed E-state index contributed by atoms with van der Waals surface area (Å²) in [5.74, 6) is 0. The number of hydrogen-bond donors (Lipinski definition) is 0. The third-order valence-corrected chi connectivity index (χ3v) is 2.28. The van der Waals surface area contributed by atoms with Crippen molar-refractivity contribution in [3.05, 3.63) is 36.0 Å². The van der Waals surface area contributed by atoms with Crippen LogP contribution in [0.25, 0.3) is 10.9 Å². The van der Waals surface area contributed by atoms with Crippen molar-refractivity contribution in [2.75, 3.05) is 0 Å². The summed E-state index contributed by atoms with van der Waals surface area (Å²) in [4.78, 5) is 28.1. The molecule has 0 aliphatic heterocycles. The quantitative estimate of drug-likeness (QED) is 0.323. The number of benzene rings is 1. The van der Waals surface area contributed by atoms with Gasteiger partial charge < -0.3 is 28.4 Å². The minimum absolute atomic E-state index is 0. The number of fused-ring (bicyclic) bond motifs is 1. The molecule has 2 rings (SSSR count). The van der Waals surface area contributed by atoms with Crippen LogP contribution in [0.15, 0.2) is 24.4 Å². The van der Waals surface area contributed by atoms with E-state index < -0.39 is 12.7 Å². The van der Waals surface area contributed by atoms with E-state index in [2.05, 4.69) is 15.5 Å². The molecular formula is C14H8F6NO5Ti. The summed E-state index contributed by atoms with van der Waals surface area (Å²) in [5, 5.41) is 0.898. The van der Waals surface area contributed by atoms with Crippen molar-refractivity contribution in [3.63, 3.8) is 0 Å². The third kappa shape index (κ3) is 11.8. The van der Waals surface area contributed by atoms with E-state index in [1.807, 2.05) is 36.0 Å². The standard InChI is InChI=1S/C10H8NO.2C2F3O2.Ti/c1-11-6-8(7-12)9-4-2-3-5-10(9)11;2*3-2(4,5)7-1-6;/h2-3,5-7H,1H3;;;/q3*-1;+3. The largest absolute Gasteiger partial charge is 3.00 e. The maximum absolute atomic E-state index is 10.6. The number of aldehydes is 1. The van der Waals surface area contributed by atoms with Crippen molar-refractivity contribution in [1.82, 2.24) is 4.57 Å². The van der Waals surface area contributed by atoms with Gasteiger partial charge in [0, 0.05) is 7.05 Å². The molecule has 0 aliphatic rings. The summed E-state index contributed by atoms with van der Waals surface area (Å²) in [6, 6.07) is 8.74. The minimum Gasteiger partial charge on any atom is -0.576 e. The molecule has 0 aliphatic carbocycles. The van der Waals surface area contributed by atoms with Gasteiger partial charge in [-0.15, -0.1) is 56.0 Å². The zero-order valence-electron chi connectivity index (χ0n) is 13.1. The van der Waals surface area contributed by atoms with Crippen LogP contribution >= 0.6 is 0 Å². The molecule has 0 fully saturated rings. The Hall–Kier alpha value is -2.34. The molecular weight excluding hydrogens is 424 g/mol. The molecule has 0 spiro atoms. The summed E-state index contributed by atoms with van der Waals surface area (Å²) in [5.41, 5.74) is 1.74. The SMILES string of the molecule is Cn1cc(C=O)c2[c-]cccc21.O=[C-]OC(F)(F)F.O=[C-]OC(F)(F)F.[Ti+3]. The summed E-state index contributed by atoms with van der Waals surface area (Å²) < 4.78 is 70.2.